The lowest BCUT2D eigenvalue weighted by molar-refractivity contribution is 0.718. The summed E-state index contributed by atoms with van der Waals surface area (Å²) in [5.74, 6) is 0.425. The zero-order valence-electron chi connectivity index (χ0n) is 26.9. The standard InChI is InChI=1S/C43H40N2/c1-29-12-8-16-34(24-29)44(35-17-9-13-30(2)25-35)42-38-20-6-7-21-39(38)43(41-28-33(5)22-23-40(41)42)45(36-18-10-14-31(3)26-36)37-19-11-15-32(4)27-37/h6-27,33H,28H2,1-5H3. The molecule has 0 spiro atoms. The van der Waals surface area contributed by atoms with Crippen molar-refractivity contribution in [2.45, 2.75) is 41.0 Å². The Kier molecular flexibility index (Phi) is 7.51. The van der Waals surface area contributed by atoms with Crippen LogP contribution in [-0.4, -0.2) is 0 Å². The molecule has 0 aliphatic heterocycles. The van der Waals surface area contributed by atoms with Gasteiger partial charge < -0.3 is 9.80 Å². The molecule has 0 radical (unpaired) electrons. The molecule has 6 aromatic rings. The van der Waals surface area contributed by atoms with Crippen molar-refractivity contribution in [2.75, 3.05) is 9.80 Å². The normalized spacial score (nSPS) is 13.9. The molecule has 0 bridgehead atoms. The third-order valence-electron chi connectivity index (χ3n) is 8.91. The molecule has 0 amide bonds. The fourth-order valence-electron chi connectivity index (χ4n) is 6.89. The van der Waals surface area contributed by atoms with Crippen LogP contribution in [0.2, 0.25) is 0 Å². The summed E-state index contributed by atoms with van der Waals surface area (Å²) in [7, 11) is 0. The molecule has 0 saturated heterocycles. The number of allylic oxidation sites excluding steroid dienone is 1. The van der Waals surface area contributed by atoms with Crippen LogP contribution in [0.3, 0.4) is 0 Å². The van der Waals surface area contributed by atoms with Gasteiger partial charge in [0.25, 0.3) is 0 Å². The first kappa shape index (κ1) is 28.7. The predicted molar refractivity (Wildman–Crippen MR) is 194 cm³/mol. The van der Waals surface area contributed by atoms with Crippen LogP contribution >= 0.6 is 0 Å². The second-order valence-electron chi connectivity index (χ2n) is 12.7. The molecule has 0 fully saturated rings. The van der Waals surface area contributed by atoms with Crippen molar-refractivity contribution in [3.8, 4) is 0 Å². The van der Waals surface area contributed by atoms with E-state index in [-0.39, 0.29) is 0 Å². The van der Waals surface area contributed by atoms with Crippen molar-refractivity contribution in [2.24, 2.45) is 5.92 Å². The van der Waals surface area contributed by atoms with Gasteiger partial charge in [-0.25, -0.2) is 0 Å². The first-order valence-electron chi connectivity index (χ1n) is 16.0. The molecule has 6 aromatic carbocycles. The van der Waals surface area contributed by atoms with Crippen molar-refractivity contribution in [1.29, 1.82) is 0 Å². The topological polar surface area (TPSA) is 6.48 Å². The van der Waals surface area contributed by atoms with Gasteiger partial charge in [0, 0.05) is 39.1 Å². The number of nitrogens with zero attached hydrogens (tertiary/aromatic N) is 2. The fourth-order valence-corrected chi connectivity index (χ4v) is 6.89. The Bertz CT molecular complexity index is 1980. The minimum absolute atomic E-state index is 0.425. The number of hydrogen-bond donors (Lipinski definition) is 0. The molecule has 0 saturated carbocycles. The van der Waals surface area contributed by atoms with Gasteiger partial charge in [-0.15, -0.1) is 0 Å². The van der Waals surface area contributed by atoms with Crippen LogP contribution in [-0.2, 0) is 6.42 Å². The number of rotatable bonds is 6. The Morgan fingerprint density at radius 1 is 0.489 bits per heavy atom. The molecule has 1 atom stereocenters. The maximum Gasteiger partial charge on any atom is 0.0616 e. The zero-order chi connectivity index (χ0) is 31.1. The molecule has 0 heterocycles. The highest BCUT2D eigenvalue weighted by Gasteiger charge is 2.30. The average molecular weight is 585 g/mol. The van der Waals surface area contributed by atoms with E-state index >= 15 is 0 Å². The Labute approximate surface area is 267 Å². The number of anilines is 6. The third kappa shape index (κ3) is 5.42. The van der Waals surface area contributed by atoms with Gasteiger partial charge in [0.2, 0.25) is 0 Å². The number of aryl methyl sites for hydroxylation is 4. The number of hydrogen-bond acceptors (Lipinski definition) is 2. The molecule has 1 unspecified atom stereocenters. The molecule has 0 aromatic heterocycles. The highest BCUT2D eigenvalue weighted by Crippen LogP contribution is 2.52. The monoisotopic (exact) mass is 584 g/mol. The van der Waals surface area contributed by atoms with Crippen molar-refractivity contribution >= 4 is 51.0 Å². The van der Waals surface area contributed by atoms with Crippen molar-refractivity contribution in [1.82, 2.24) is 0 Å². The van der Waals surface area contributed by atoms with Crippen LogP contribution in [0.1, 0.15) is 40.3 Å². The van der Waals surface area contributed by atoms with E-state index in [9.17, 15) is 0 Å². The summed E-state index contributed by atoms with van der Waals surface area (Å²) < 4.78 is 0. The number of fused-ring (bicyclic) bond motifs is 2. The smallest absolute Gasteiger partial charge is 0.0616 e. The van der Waals surface area contributed by atoms with E-state index in [1.54, 1.807) is 0 Å². The summed E-state index contributed by atoms with van der Waals surface area (Å²) >= 11 is 0. The molecule has 222 valence electrons. The summed E-state index contributed by atoms with van der Waals surface area (Å²) in [5.41, 5.74) is 14.8. The quantitative estimate of drug-likeness (QED) is 0.180. The molecule has 0 N–H and O–H groups in total. The Balaban J connectivity index is 1.62. The summed E-state index contributed by atoms with van der Waals surface area (Å²) in [4.78, 5) is 4.98. The van der Waals surface area contributed by atoms with E-state index in [1.165, 1.54) is 78.3 Å². The maximum atomic E-state index is 2.50. The summed E-state index contributed by atoms with van der Waals surface area (Å²) in [6.45, 7) is 11.1. The van der Waals surface area contributed by atoms with E-state index < -0.39 is 0 Å². The van der Waals surface area contributed by atoms with E-state index in [4.69, 9.17) is 0 Å². The van der Waals surface area contributed by atoms with Crippen molar-refractivity contribution < 1.29 is 0 Å². The first-order chi connectivity index (χ1) is 21.9. The predicted octanol–water partition coefficient (Wildman–Crippen LogP) is 12.2. The van der Waals surface area contributed by atoms with E-state index in [0.29, 0.717) is 5.92 Å². The van der Waals surface area contributed by atoms with Gasteiger partial charge in [0.15, 0.2) is 0 Å². The highest BCUT2D eigenvalue weighted by atomic mass is 15.2. The fraction of sp³-hybridized carbons (Fsp3) is 0.163. The van der Waals surface area contributed by atoms with Crippen LogP contribution in [0, 0.1) is 33.6 Å². The van der Waals surface area contributed by atoms with Gasteiger partial charge in [-0.1, -0.05) is 91.9 Å². The minimum atomic E-state index is 0.425. The van der Waals surface area contributed by atoms with Crippen LogP contribution in [0.4, 0.5) is 34.1 Å². The molecule has 7 rings (SSSR count). The minimum Gasteiger partial charge on any atom is -0.310 e. The molecule has 45 heavy (non-hydrogen) atoms. The van der Waals surface area contributed by atoms with Crippen molar-refractivity contribution in [3.05, 3.63) is 161 Å². The second-order valence-corrected chi connectivity index (χ2v) is 12.7. The summed E-state index contributed by atoms with van der Waals surface area (Å²) in [6, 6.07) is 44.6. The van der Waals surface area contributed by atoms with Crippen LogP contribution in [0.25, 0.3) is 16.8 Å². The van der Waals surface area contributed by atoms with Crippen molar-refractivity contribution in [3.63, 3.8) is 0 Å². The molecular formula is C43H40N2. The lowest BCUT2D eigenvalue weighted by atomic mass is 9.84. The van der Waals surface area contributed by atoms with Gasteiger partial charge in [-0.2, -0.15) is 0 Å². The lowest BCUT2D eigenvalue weighted by Crippen LogP contribution is -2.20. The Morgan fingerprint density at radius 2 is 0.889 bits per heavy atom. The summed E-state index contributed by atoms with van der Waals surface area (Å²) in [5, 5.41) is 2.49. The third-order valence-corrected chi connectivity index (χ3v) is 8.91. The van der Waals surface area contributed by atoms with E-state index in [2.05, 4.69) is 178 Å². The van der Waals surface area contributed by atoms with E-state index in [1.807, 2.05) is 0 Å². The highest BCUT2D eigenvalue weighted by molar-refractivity contribution is 6.12. The van der Waals surface area contributed by atoms with Crippen LogP contribution < -0.4 is 9.80 Å². The SMILES string of the molecule is Cc1cccc(N(c2cccc(C)c2)c2c3c(c(N(c4cccc(C)c4)c4cccc(C)c4)c4ccccc24)CC(C)C=C3)c1. The lowest BCUT2D eigenvalue weighted by Gasteiger charge is -2.36. The first-order valence-corrected chi connectivity index (χ1v) is 16.0. The Hall–Kier alpha value is -5.08. The molecule has 1 aliphatic carbocycles. The largest absolute Gasteiger partial charge is 0.310 e. The van der Waals surface area contributed by atoms with Gasteiger partial charge >= 0.3 is 0 Å². The van der Waals surface area contributed by atoms with E-state index in [0.717, 1.165) is 6.42 Å². The average Bonchev–Trinajstić information content (AvgIpc) is 3.02. The van der Waals surface area contributed by atoms with Gasteiger partial charge in [-0.3, -0.25) is 0 Å². The maximum absolute atomic E-state index is 2.50. The molecule has 2 nitrogen and oxygen atoms in total. The molecular weight excluding hydrogens is 544 g/mol. The summed E-state index contributed by atoms with van der Waals surface area (Å²) in [6.07, 6.45) is 5.74. The molecule has 1 aliphatic rings. The zero-order valence-corrected chi connectivity index (χ0v) is 26.9. The van der Waals surface area contributed by atoms with Crippen LogP contribution in [0.5, 0.6) is 0 Å². The van der Waals surface area contributed by atoms with Gasteiger partial charge in [0.05, 0.1) is 11.4 Å². The number of benzene rings is 6. The molecule has 2 heteroatoms. The van der Waals surface area contributed by atoms with Crippen LogP contribution in [0.15, 0.2) is 127 Å². The second kappa shape index (κ2) is 11.8. The van der Waals surface area contributed by atoms with Gasteiger partial charge in [-0.05, 0) is 116 Å². The van der Waals surface area contributed by atoms with Gasteiger partial charge in [0.1, 0.15) is 0 Å². The Morgan fingerprint density at radius 3 is 1.31 bits per heavy atom.